The van der Waals surface area contributed by atoms with Gasteiger partial charge < -0.3 is 9.07 Å². The Bertz CT molecular complexity index is 563. The van der Waals surface area contributed by atoms with E-state index in [1.807, 2.05) is 6.79 Å². The van der Waals surface area contributed by atoms with Gasteiger partial charge in [0.05, 0.1) is 0 Å². The van der Waals surface area contributed by atoms with E-state index in [0.717, 1.165) is 0 Å². The van der Waals surface area contributed by atoms with Crippen LogP contribution in [0, 0.1) is 0 Å². The fourth-order valence-corrected chi connectivity index (χ4v) is 4.48. The number of rotatable bonds is 3. The van der Waals surface area contributed by atoms with Gasteiger partial charge in [-0.15, -0.1) is 0 Å². The van der Waals surface area contributed by atoms with E-state index in [2.05, 4.69) is 91.0 Å². The maximum absolute atomic E-state index is 8.00. The average molecular weight is 398 g/mol. The molecule has 22 heavy (non-hydrogen) atoms. The Labute approximate surface area is 150 Å². The Morgan fingerprint density at radius 2 is 0.773 bits per heavy atom. The average Bonchev–Trinajstić information content (AvgIpc) is 2.60. The molecular formula is C19H20OPRh. The van der Waals surface area contributed by atoms with Gasteiger partial charge in [0.15, 0.2) is 0 Å². The molecule has 3 aromatic carbocycles. The summed E-state index contributed by atoms with van der Waals surface area (Å²) < 4.78 is 0. The monoisotopic (exact) mass is 398 g/mol. The third kappa shape index (κ3) is 4.70. The Morgan fingerprint density at radius 3 is 1.00 bits per heavy atom. The van der Waals surface area contributed by atoms with Gasteiger partial charge in [-0.05, 0) is 23.8 Å². The maximum Gasteiger partial charge on any atom is 3.00 e. The van der Waals surface area contributed by atoms with E-state index < -0.39 is 7.92 Å². The first-order valence-electron chi connectivity index (χ1n) is 6.69. The molecule has 116 valence electrons. The molecular weight excluding hydrogens is 378 g/mol. The first kappa shape index (κ1) is 18.4. The second-order valence-corrected chi connectivity index (χ2v) is 6.56. The van der Waals surface area contributed by atoms with Gasteiger partial charge in [-0.25, -0.2) is 0 Å². The third-order valence-corrected chi connectivity index (χ3v) is 5.49. The maximum atomic E-state index is 8.00. The summed E-state index contributed by atoms with van der Waals surface area (Å²) in [6.07, 6.45) is 0. The first-order valence-corrected chi connectivity index (χ1v) is 8.03. The minimum Gasteiger partial charge on any atom is -1.00 e. The first-order chi connectivity index (χ1) is 10.4. The van der Waals surface area contributed by atoms with E-state index in [9.17, 15) is 0 Å². The summed E-state index contributed by atoms with van der Waals surface area (Å²) in [6, 6.07) is 32.3. The fraction of sp³-hybridized carbons (Fsp3) is 0. The predicted molar refractivity (Wildman–Crippen MR) is 95.6 cm³/mol. The summed E-state index contributed by atoms with van der Waals surface area (Å²) in [5, 5.41) is 4.19. The van der Waals surface area contributed by atoms with E-state index >= 15 is 0 Å². The van der Waals surface area contributed by atoms with Crippen LogP contribution in [0.15, 0.2) is 91.0 Å². The van der Waals surface area contributed by atoms with Gasteiger partial charge in [0.25, 0.3) is 0 Å². The second-order valence-electron chi connectivity index (χ2n) is 4.34. The molecule has 0 saturated carbocycles. The molecule has 0 heterocycles. The molecule has 0 fully saturated rings. The zero-order valence-corrected chi connectivity index (χ0v) is 14.6. The molecule has 0 radical (unpaired) electrons. The normalized spacial score (nSPS) is 9.32. The molecule has 0 saturated heterocycles. The van der Waals surface area contributed by atoms with Crippen LogP contribution in [0.3, 0.4) is 0 Å². The SMILES string of the molecule is C=O.[H-].[H-].[H-].[Rh+3].c1ccc(P(c2ccccc2)c2ccccc2)cc1. The van der Waals surface area contributed by atoms with E-state index in [4.69, 9.17) is 4.79 Å². The number of carbonyl (C=O) groups excluding carboxylic acids is 1. The van der Waals surface area contributed by atoms with Crippen LogP contribution in [0.4, 0.5) is 0 Å². The van der Waals surface area contributed by atoms with Crippen LogP contribution >= 0.6 is 7.92 Å². The van der Waals surface area contributed by atoms with Crippen LogP contribution in [-0.2, 0) is 24.3 Å². The molecule has 0 spiro atoms. The second kappa shape index (κ2) is 10.2. The predicted octanol–water partition coefficient (Wildman–Crippen LogP) is 3.59. The third-order valence-electron chi connectivity index (χ3n) is 3.04. The summed E-state index contributed by atoms with van der Waals surface area (Å²) >= 11 is 0. The van der Waals surface area contributed by atoms with Gasteiger partial charge in [0.1, 0.15) is 6.79 Å². The van der Waals surface area contributed by atoms with Crippen molar-refractivity contribution in [2.24, 2.45) is 0 Å². The topological polar surface area (TPSA) is 17.1 Å². The molecule has 3 aromatic rings. The molecule has 0 atom stereocenters. The quantitative estimate of drug-likeness (QED) is 0.487. The molecule has 0 aliphatic rings. The molecule has 0 unspecified atom stereocenters. The van der Waals surface area contributed by atoms with E-state index in [1.54, 1.807) is 0 Å². The summed E-state index contributed by atoms with van der Waals surface area (Å²) in [6.45, 7) is 2.00. The van der Waals surface area contributed by atoms with Crippen molar-refractivity contribution >= 4 is 30.6 Å². The summed E-state index contributed by atoms with van der Waals surface area (Å²) in [4.78, 5) is 8.00. The van der Waals surface area contributed by atoms with E-state index in [0.29, 0.717) is 0 Å². The Kier molecular flexibility index (Phi) is 8.52. The fourth-order valence-electron chi connectivity index (χ4n) is 2.18. The van der Waals surface area contributed by atoms with Gasteiger partial charge in [0, 0.05) is 0 Å². The van der Waals surface area contributed by atoms with Crippen molar-refractivity contribution in [1.29, 1.82) is 0 Å². The Morgan fingerprint density at radius 1 is 0.545 bits per heavy atom. The van der Waals surface area contributed by atoms with Crippen LogP contribution < -0.4 is 15.9 Å². The summed E-state index contributed by atoms with van der Waals surface area (Å²) in [5.41, 5.74) is 0. The standard InChI is InChI=1S/C18H15P.CH2O.Rh.3H/c1-4-10-16(11-5-1)19(17-12-6-2-7-13-17)18-14-8-3-9-15-18;1-2;;;;/h1-15H;1H2;;;;/q;;+3;3*-1. The van der Waals surface area contributed by atoms with Crippen molar-refractivity contribution in [1.82, 2.24) is 0 Å². The zero-order valence-electron chi connectivity index (χ0n) is 15.1. The van der Waals surface area contributed by atoms with Crippen molar-refractivity contribution in [3.8, 4) is 0 Å². The number of carbonyl (C=O) groups is 1. The van der Waals surface area contributed by atoms with Gasteiger partial charge in [-0.2, -0.15) is 0 Å². The molecule has 0 N–H and O–H groups in total. The number of hydrogen-bond acceptors (Lipinski definition) is 1. The van der Waals surface area contributed by atoms with Crippen molar-refractivity contribution < 1.29 is 28.6 Å². The molecule has 3 heteroatoms. The van der Waals surface area contributed by atoms with E-state index in [1.165, 1.54) is 15.9 Å². The number of hydrogen-bond donors (Lipinski definition) is 0. The summed E-state index contributed by atoms with van der Waals surface area (Å²) in [5.74, 6) is 0. The van der Waals surface area contributed by atoms with Gasteiger partial charge in [-0.3, -0.25) is 0 Å². The molecule has 3 rings (SSSR count). The largest absolute Gasteiger partial charge is 3.00 e. The van der Waals surface area contributed by atoms with Crippen LogP contribution in [0.5, 0.6) is 0 Å². The van der Waals surface area contributed by atoms with Crippen LogP contribution in [-0.4, -0.2) is 6.79 Å². The smallest absolute Gasteiger partial charge is 1.00 e. The van der Waals surface area contributed by atoms with Gasteiger partial charge >= 0.3 is 19.5 Å². The van der Waals surface area contributed by atoms with Gasteiger partial charge in [-0.1, -0.05) is 91.0 Å². The minimum atomic E-state index is -0.446. The van der Waals surface area contributed by atoms with Crippen LogP contribution in [0.1, 0.15) is 4.28 Å². The van der Waals surface area contributed by atoms with Crippen molar-refractivity contribution in [3.05, 3.63) is 91.0 Å². The van der Waals surface area contributed by atoms with Crippen molar-refractivity contribution in [2.45, 2.75) is 0 Å². The molecule has 0 aromatic heterocycles. The molecule has 0 aliphatic heterocycles. The molecule has 0 aliphatic carbocycles. The van der Waals surface area contributed by atoms with Crippen LogP contribution in [0.2, 0.25) is 0 Å². The molecule has 0 amide bonds. The minimum absolute atomic E-state index is 0. The Hall–Kier alpha value is -1.62. The number of benzene rings is 3. The van der Waals surface area contributed by atoms with Crippen molar-refractivity contribution in [2.75, 3.05) is 0 Å². The zero-order chi connectivity index (χ0) is 14.9. The molecule has 0 bridgehead atoms. The van der Waals surface area contributed by atoms with Crippen LogP contribution in [0.25, 0.3) is 0 Å². The Balaban J connectivity index is -0.000000780. The summed E-state index contributed by atoms with van der Waals surface area (Å²) in [7, 11) is -0.446. The van der Waals surface area contributed by atoms with Crippen molar-refractivity contribution in [3.63, 3.8) is 0 Å². The van der Waals surface area contributed by atoms with Gasteiger partial charge in [0.2, 0.25) is 0 Å². The molecule has 1 nitrogen and oxygen atoms in total. The van der Waals surface area contributed by atoms with E-state index in [-0.39, 0.29) is 23.8 Å².